The number of hydrogen-bond acceptors (Lipinski definition) is 24. The van der Waals surface area contributed by atoms with Crippen molar-refractivity contribution in [1.29, 1.82) is 0 Å². The van der Waals surface area contributed by atoms with Crippen molar-refractivity contribution in [2.45, 2.75) is 208 Å². The van der Waals surface area contributed by atoms with Gasteiger partial charge in [-0.3, -0.25) is 57.5 Å². The zero-order valence-corrected chi connectivity index (χ0v) is 84.8. The lowest BCUT2D eigenvalue weighted by Crippen LogP contribution is -2.27. The molecule has 0 aliphatic heterocycles. The van der Waals surface area contributed by atoms with Crippen molar-refractivity contribution in [1.82, 2.24) is 60.4 Å². The molecule has 4 fully saturated rings. The van der Waals surface area contributed by atoms with Crippen molar-refractivity contribution in [3.05, 3.63) is 283 Å². The van der Waals surface area contributed by atoms with Crippen LogP contribution in [0, 0.1) is 51.4 Å². The summed E-state index contributed by atoms with van der Waals surface area (Å²) in [6.45, 7) is 17.5. The molecule has 4 saturated carbocycles. The molecule has 148 heavy (non-hydrogen) atoms. The summed E-state index contributed by atoms with van der Waals surface area (Å²) in [5.74, 6) is -4.14. The van der Waals surface area contributed by atoms with E-state index in [2.05, 4.69) is 41.7 Å². The van der Waals surface area contributed by atoms with E-state index >= 15 is 0 Å². The lowest BCUT2D eigenvalue weighted by Gasteiger charge is -2.28. The Kier molecular flexibility index (Phi) is 37.3. The molecular weight excluding hydrogens is 1880 g/mol. The predicted molar refractivity (Wildman–Crippen MR) is 562 cm³/mol. The molecule has 4 aromatic heterocycles. The second kappa shape index (κ2) is 50.8. The van der Waals surface area contributed by atoms with Gasteiger partial charge >= 0.3 is 23.9 Å². The summed E-state index contributed by atoms with van der Waals surface area (Å²) in [6, 6.07) is 58.7. The zero-order chi connectivity index (χ0) is 106. The van der Waals surface area contributed by atoms with Crippen LogP contribution in [0.15, 0.2) is 194 Å². The molecule has 8 atom stereocenters. The summed E-state index contributed by atoms with van der Waals surface area (Å²) in [5, 5.41) is 30.5. The third-order valence-electron chi connectivity index (χ3n) is 27.5. The lowest BCUT2D eigenvalue weighted by atomic mass is 9.86. The van der Waals surface area contributed by atoms with E-state index in [1.807, 2.05) is 198 Å². The van der Waals surface area contributed by atoms with Crippen LogP contribution in [0.2, 0.25) is 0 Å². The fourth-order valence-electron chi connectivity index (χ4n) is 19.7. The Bertz CT molecular complexity index is 6000. The number of aromatic nitrogens is 8. The summed E-state index contributed by atoms with van der Waals surface area (Å²) in [5.41, 5.74) is 63.0. The molecule has 16 rings (SSSR count). The summed E-state index contributed by atoms with van der Waals surface area (Å²) >= 11 is 0. The van der Waals surface area contributed by atoms with Gasteiger partial charge in [-0.05, 0) is 201 Å². The number of esters is 4. The first-order valence-corrected chi connectivity index (χ1v) is 50.3. The maximum Gasteiger partial charge on any atom is 0.308 e. The first-order valence-electron chi connectivity index (χ1n) is 50.3. The molecule has 20 N–H and O–H groups in total. The molecule has 8 amide bonds. The number of nitrogens with one attached hydrogen (secondary N) is 4. The molecule has 0 unspecified atom stereocenters. The molecule has 4 heterocycles. The van der Waals surface area contributed by atoms with Crippen LogP contribution in [-0.2, 0) is 64.3 Å². The fourth-order valence-corrected chi connectivity index (χ4v) is 19.7. The van der Waals surface area contributed by atoms with Gasteiger partial charge in [-0.1, -0.05) is 196 Å². The predicted octanol–water partition coefficient (Wildman–Crippen LogP) is 15.1. The average molecular weight is 2010 g/mol. The smallest absolute Gasteiger partial charge is 0.308 e. The molecular formula is C112H132N20O16. The van der Waals surface area contributed by atoms with Crippen molar-refractivity contribution >= 4 is 94.4 Å². The number of ether oxygens (including phenoxy) is 4. The maximum absolute atomic E-state index is 12.5. The van der Waals surface area contributed by atoms with Gasteiger partial charge in [0.05, 0.1) is 74.3 Å². The number of aryl methyl sites for hydroxylation is 4. The molecule has 12 aromatic rings. The van der Waals surface area contributed by atoms with E-state index in [1.54, 1.807) is 70.7 Å². The van der Waals surface area contributed by atoms with Gasteiger partial charge in [0.1, 0.15) is 68.3 Å². The number of anilines is 4. The Morgan fingerprint density at radius 2 is 0.459 bits per heavy atom. The molecule has 36 nitrogen and oxygen atoms in total. The number of carbonyl (C=O) groups is 12. The van der Waals surface area contributed by atoms with Gasteiger partial charge in [0, 0.05) is 70.7 Å². The van der Waals surface area contributed by atoms with Crippen LogP contribution in [0.4, 0.5) is 23.3 Å². The summed E-state index contributed by atoms with van der Waals surface area (Å²) in [4.78, 5) is 149. The molecule has 0 spiro atoms. The average Bonchev–Trinajstić information content (AvgIpc) is 1.64. The highest BCUT2D eigenvalue weighted by Gasteiger charge is 2.39. The highest BCUT2D eigenvalue weighted by Crippen LogP contribution is 2.44. The summed E-state index contributed by atoms with van der Waals surface area (Å²) in [7, 11) is 0. The van der Waals surface area contributed by atoms with Gasteiger partial charge in [0.15, 0.2) is 0 Å². The summed E-state index contributed by atoms with van der Waals surface area (Å²) < 4.78 is 27.4. The first-order chi connectivity index (χ1) is 71.2. The molecule has 0 radical (unpaired) electrons. The van der Waals surface area contributed by atoms with Gasteiger partial charge in [-0.15, -0.1) is 0 Å². The third kappa shape index (κ3) is 26.6. The monoisotopic (exact) mass is 2010 g/mol. The quantitative estimate of drug-likeness (QED) is 0.0138. The van der Waals surface area contributed by atoms with E-state index in [1.165, 1.54) is 0 Å². The van der Waals surface area contributed by atoms with Crippen LogP contribution < -0.4 is 67.1 Å². The van der Waals surface area contributed by atoms with Crippen molar-refractivity contribution in [2.24, 2.45) is 46.6 Å². The Labute approximate surface area is 859 Å². The van der Waals surface area contributed by atoms with Crippen LogP contribution in [0.25, 0.3) is 45.0 Å². The van der Waals surface area contributed by atoms with Crippen LogP contribution in [-0.4, -0.2) is 137 Å². The van der Waals surface area contributed by atoms with Crippen LogP contribution in [0.5, 0.6) is 0 Å². The van der Waals surface area contributed by atoms with Crippen LogP contribution >= 0.6 is 0 Å². The van der Waals surface area contributed by atoms with Gasteiger partial charge in [-0.25, -0.2) is 18.7 Å². The van der Waals surface area contributed by atoms with Crippen molar-refractivity contribution in [3.63, 3.8) is 0 Å². The zero-order valence-electron chi connectivity index (χ0n) is 84.8. The van der Waals surface area contributed by atoms with E-state index in [-0.39, 0.29) is 141 Å². The number of nitrogens with zero attached hydrogens (tertiary/aromatic N) is 8. The lowest BCUT2D eigenvalue weighted by molar-refractivity contribution is -0.150. The van der Waals surface area contributed by atoms with E-state index < -0.39 is 23.6 Å². The Hall–Kier alpha value is -16.6. The van der Waals surface area contributed by atoms with Gasteiger partial charge in [0.2, 0.25) is 0 Å². The van der Waals surface area contributed by atoms with Crippen LogP contribution in [0.1, 0.15) is 282 Å². The summed E-state index contributed by atoms with van der Waals surface area (Å²) in [6.07, 6.45) is 11.7. The van der Waals surface area contributed by atoms with Crippen LogP contribution in [0.3, 0.4) is 0 Å². The van der Waals surface area contributed by atoms with Gasteiger partial charge < -0.3 is 86.1 Å². The number of primary amides is 4. The highest BCUT2D eigenvalue weighted by atomic mass is 16.5. The molecule has 4 aliphatic rings. The number of benzene rings is 8. The first kappa shape index (κ1) is 109. The normalized spacial score (nSPS) is 17.2. The third-order valence-corrected chi connectivity index (χ3v) is 27.5. The molecule has 4 aliphatic carbocycles. The van der Waals surface area contributed by atoms with Crippen molar-refractivity contribution in [2.75, 3.05) is 49.4 Å². The number of nitrogens with two attached hydrogens (primary N) is 8. The SMILES string of the molecule is CCOC(=O)[C@@H]1CCC[C@@H](n2nc(-c3ccc(CNC(=O)c4ccccc4C)cc3)c(C(N)=O)c2N)C1.CCOC(=O)[C@@H]1CCC[C@H](n2nc(-c3ccc(CNC(=O)c4ccccc4C)cc3)c(C(N)=O)c2N)C1.CCOC(=O)[C@H]1CCC[C@@H](n2nc(-c3ccc(CNC(=O)c4ccccc4C)cc3)c(C(N)=O)c2N)C1.CCOC(=O)[C@H]1CCC[C@H](n2nc(-c3ccc(CNC(=O)c4ccccc4C)cc3)c(C(N)=O)c2N)C1. The number of nitrogen functional groups attached to an aromatic ring is 4. The topological polar surface area (TPSA) is 569 Å². The number of amides is 8. The highest BCUT2D eigenvalue weighted by molar-refractivity contribution is 6.06. The maximum atomic E-state index is 12.5. The van der Waals surface area contributed by atoms with Gasteiger partial charge in [-0.2, -0.15) is 20.4 Å². The van der Waals surface area contributed by atoms with Crippen molar-refractivity contribution < 1.29 is 76.5 Å². The largest absolute Gasteiger partial charge is 0.466 e. The molecule has 0 bridgehead atoms. The Morgan fingerprint density at radius 3 is 0.628 bits per heavy atom. The minimum absolute atomic E-state index is 0.133. The molecule has 776 valence electrons. The van der Waals surface area contributed by atoms with E-state index in [4.69, 9.17) is 64.8 Å². The molecule has 8 aromatic carbocycles. The van der Waals surface area contributed by atoms with E-state index in [0.717, 1.165) is 122 Å². The minimum Gasteiger partial charge on any atom is -0.466 e. The molecule has 36 heteroatoms. The second-order valence-corrected chi connectivity index (χ2v) is 37.5. The number of hydrogen-bond donors (Lipinski definition) is 12. The van der Waals surface area contributed by atoms with E-state index in [9.17, 15) is 57.5 Å². The van der Waals surface area contributed by atoms with E-state index in [0.29, 0.717) is 146 Å². The Morgan fingerprint density at radius 1 is 0.277 bits per heavy atom. The Balaban J connectivity index is 0.000000165. The second-order valence-electron chi connectivity index (χ2n) is 37.5. The molecule has 0 saturated heterocycles. The minimum atomic E-state index is -0.661. The fraction of sp³-hybridized carbons (Fsp3) is 0.357. The standard InChI is InChI=1S/4C28H33N5O4/c4*1-3-37-28(36)20-8-6-9-21(15-20)33-25(29)23(26(30)34)24(32-33)19-13-11-18(12-14-19)16-31-27(35)22-10-5-4-7-17(22)2/h4*4-5,7,10-14,20-21H,3,6,8-9,15-16,29H2,1-2H3,(H2,30,34)(H,31,35)/t2*20-,21+;2*20-,21-/m1010/s1. The van der Waals surface area contributed by atoms with Gasteiger partial charge in [0.25, 0.3) is 47.3 Å². The van der Waals surface area contributed by atoms with Crippen molar-refractivity contribution in [3.8, 4) is 45.0 Å². The number of rotatable bonds is 32. The number of carbonyl (C=O) groups excluding carboxylic acids is 12.